The predicted octanol–water partition coefficient (Wildman–Crippen LogP) is 2.19. The van der Waals surface area contributed by atoms with E-state index < -0.39 is 31.0 Å². The Morgan fingerprint density at radius 1 is 1.32 bits per heavy atom. The first-order chi connectivity index (χ1) is 10.1. The smallest absolute Gasteiger partial charge is 0.386 e. The van der Waals surface area contributed by atoms with Gasteiger partial charge in [-0.25, -0.2) is 9.59 Å². The van der Waals surface area contributed by atoms with E-state index in [1.807, 2.05) is 0 Å². The van der Waals surface area contributed by atoms with Gasteiger partial charge in [-0.3, -0.25) is 10.1 Å². The van der Waals surface area contributed by atoms with Gasteiger partial charge in [-0.2, -0.15) is 0 Å². The van der Waals surface area contributed by atoms with Crippen LogP contribution < -0.4 is 0 Å². The van der Waals surface area contributed by atoms with E-state index in [0.29, 0.717) is 6.04 Å². The molecule has 0 aromatic rings. The molecule has 1 atom stereocenters. The van der Waals surface area contributed by atoms with Crippen LogP contribution in [0.5, 0.6) is 0 Å². The van der Waals surface area contributed by atoms with Crippen molar-refractivity contribution in [2.75, 3.05) is 13.7 Å². The second-order valence-corrected chi connectivity index (χ2v) is 11.5. The van der Waals surface area contributed by atoms with Crippen molar-refractivity contribution in [2.45, 2.75) is 38.7 Å². The number of allylic oxidation sites excluding steroid dienone is 1. The molecule has 0 aromatic heterocycles. The lowest BCUT2D eigenvalue weighted by Crippen LogP contribution is -2.34. The molecule has 0 rings (SSSR count). The minimum Gasteiger partial charge on any atom is -0.466 e. The Bertz CT molecular complexity index is 478. The van der Waals surface area contributed by atoms with Gasteiger partial charge >= 0.3 is 18.0 Å². The number of rotatable bonds is 8. The largest absolute Gasteiger partial charge is 0.466 e. The zero-order valence-electron chi connectivity index (χ0n) is 13.6. The van der Waals surface area contributed by atoms with Crippen molar-refractivity contribution in [3.05, 3.63) is 33.9 Å². The van der Waals surface area contributed by atoms with Crippen molar-refractivity contribution in [3.63, 3.8) is 0 Å². The Hall–Kier alpha value is -1.96. The van der Waals surface area contributed by atoms with Crippen molar-refractivity contribution >= 4 is 20.0 Å². The minimum absolute atomic E-state index is 0.0719. The van der Waals surface area contributed by atoms with Gasteiger partial charge in [-0.15, -0.1) is 0 Å². The second kappa shape index (κ2) is 9.14. The molecule has 0 aromatic carbocycles. The highest BCUT2D eigenvalue weighted by Gasteiger charge is 2.35. The highest BCUT2D eigenvalue weighted by Crippen LogP contribution is 2.13. The van der Waals surface area contributed by atoms with Crippen molar-refractivity contribution in [1.29, 1.82) is 0 Å². The number of carbonyl (C=O) groups excluding carboxylic acids is 2. The van der Waals surface area contributed by atoms with Gasteiger partial charge in [0.25, 0.3) is 0 Å². The Labute approximate surface area is 131 Å². The molecular formula is C14H23NO6Si. The summed E-state index contributed by atoms with van der Waals surface area (Å²) in [6, 6.07) is -1.03. The molecule has 0 heterocycles. The molecule has 0 saturated carbocycles. The third-order valence-corrected chi connectivity index (χ3v) is 4.40. The van der Waals surface area contributed by atoms with Gasteiger partial charge in [-0.1, -0.05) is 31.8 Å². The lowest BCUT2D eigenvalue weighted by Gasteiger charge is -2.16. The quantitative estimate of drug-likeness (QED) is 0.169. The van der Waals surface area contributed by atoms with Crippen LogP contribution in [-0.4, -0.2) is 44.7 Å². The number of nitro groups is 1. The summed E-state index contributed by atoms with van der Waals surface area (Å²) in [5.74, 6) is -1.74. The summed E-state index contributed by atoms with van der Waals surface area (Å²) in [5, 5.41) is 11.2. The van der Waals surface area contributed by atoms with E-state index in [0.717, 1.165) is 13.2 Å². The van der Waals surface area contributed by atoms with E-state index >= 15 is 0 Å². The van der Waals surface area contributed by atoms with Gasteiger partial charge in [0.15, 0.2) is 0 Å². The topological polar surface area (TPSA) is 95.7 Å². The molecule has 0 bridgehead atoms. The second-order valence-electron chi connectivity index (χ2n) is 5.83. The molecule has 0 aliphatic carbocycles. The third kappa shape index (κ3) is 7.72. The maximum atomic E-state index is 12.0. The van der Waals surface area contributed by atoms with Crippen LogP contribution in [0.1, 0.15) is 6.92 Å². The first-order valence-electron chi connectivity index (χ1n) is 6.84. The molecule has 0 amide bonds. The summed E-state index contributed by atoms with van der Waals surface area (Å²) in [6.45, 7) is 8.08. The first-order valence-corrected chi connectivity index (χ1v) is 10.6. The molecule has 8 heteroatoms. The number of hydrogen-bond donors (Lipinski definition) is 0. The van der Waals surface area contributed by atoms with Crippen molar-refractivity contribution in [3.8, 4) is 0 Å². The summed E-state index contributed by atoms with van der Waals surface area (Å²) < 4.78 is 9.46. The van der Waals surface area contributed by atoms with E-state index in [2.05, 4.69) is 24.4 Å². The van der Waals surface area contributed by atoms with Crippen molar-refractivity contribution in [2.24, 2.45) is 0 Å². The summed E-state index contributed by atoms with van der Waals surface area (Å²) in [4.78, 5) is 33.7. The van der Waals surface area contributed by atoms with E-state index in [-0.39, 0.29) is 12.2 Å². The fourth-order valence-corrected chi connectivity index (χ4v) is 2.20. The molecule has 0 aliphatic heterocycles. The van der Waals surface area contributed by atoms with E-state index in [4.69, 9.17) is 4.74 Å². The monoisotopic (exact) mass is 329 g/mol. The van der Waals surface area contributed by atoms with Crippen LogP contribution in [0, 0.1) is 10.1 Å². The molecule has 0 aliphatic rings. The van der Waals surface area contributed by atoms with Gasteiger partial charge in [0, 0.05) is 24.6 Å². The van der Waals surface area contributed by atoms with E-state index in [1.54, 1.807) is 6.92 Å². The summed E-state index contributed by atoms with van der Waals surface area (Å²) in [7, 11) is -0.258. The van der Waals surface area contributed by atoms with Gasteiger partial charge in [0.1, 0.15) is 0 Å². The number of carbonyl (C=O) groups is 2. The Morgan fingerprint density at radius 2 is 1.91 bits per heavy atom. The minimum atomic E-state index is -1.74. The van der Waals surface area contributed by atoms with Gasteiger partial charge in [-0.05, 0) is 13.0 Å². The first kappa shape index (κ1) is 20.0. The number of hydrogen-bond acceptors (Lipinski definition) is 6. The molecule has 124 valence electrons. The highest BCUT2D eigenvalue weighted by molar-refractivity contribution is 6.76. The van der Waals surface area contributed by atoms with Crippen LogP contribution in [0.2, 0.25) is 25.7 Å². The Kier molecular flexibility index (Phi) is 8.32. The summed E-state index contributed by atoms with van der Waals surface area (Å²) in [6.07, 6.45) is 3.75. The lowest BCUT2D eigenvalue weighted by atomic mass is 10.1. The SMILES string of the molecule is C/C=C/C(=C\C(=O)OC)C(C(=O)OCC[Si](C)(C)C)[N+](=O)[O-]. The standard InChI is InChI=1S/C14H23NO6Si/c1-6-7-11(10-12(16)20-2)13(15(18)19)14(17)21-8-9-22(3,4)5/h6-7,10,13H,8-9H2,1-5H3/b7-6+,11-10+. The number of methoxy groups -OCH3 is 1. The number of esters is 2. The third-order valence-electron chi connectivity index (χ3n) is 2.69. The van der Waals surface area contributed by atoms with Crippen molar-refractivity contribution < 1.29 is 24.0 Å². The van der Waals surface area contributed by atoms with Gasteiger partial charge < -0.3 is 9.47 Å². The Balaban J connectivity index is 5.16. The zero-order valence-corrected chi connectivity index (χ0v) is 14.6. The summed E-state index contributed by atoms with van der Waals surface area (Å²) >= 11 is 0. The maximum absolute atomic E-state index is 12.0. The Morgan fingerprint density at radius 3 is 2.32 bits per heavy atom. The zero-order chi connectivity index (χ0) is 17.3. The highest BCUT2D eigenvalue weighted by atomic mass is 28.3. The predicted molar refractivity (Wildman–Crippen MR) is 84.8 cm³/mol. The van der Waals surface area contributed by atoms with Crippen LogP contribution in [0.4, 0.5) is 0 Å². The van der Waals surface area contributed by atoms with Crippen LogP contribution in [0.25, 0.3) is 0 Å². The van der Waals surface area contributed by atoms with Gasteiger partial charge in [0.2, 0.25) is 0 Å². The number of ether oxygens (including phenoxy) is 2. The van der Waals surface area contributed by atoms with E-state index in [9.17, 15) is 19.7 Å². The molecule has 1 unspecified atom stereocenters. The molecule has 0 fully saturated rings. The molecule has 0 saturated heterocycles. The summed E-state index contributed by atoms with van der Waals surface area (Å²) in [5.41, 5.74) is -0.0719. The van der Waals surface area contributed by atoms with Crippen LogP contribution in [-0.2, 0) is 19.1 Å². The molecular weight excluding hydrogens is 306 g/mol. The van der Waals surface area contributed by atoms with E-state index in [1.165, 1.54) is 12.2 Å². The number of nitrogens with zero attached hydrogens (tertiary/aromatic N) is 1. The lowest BCUT2D eigenvalue weighted by molar-refractivity contribution is -0.500. The molecule has 22 heavy (non-hydrogen) atoms. The molecule has 0 radical (unpaired) electrons. The normalized spacial score (nSPS) is 13.8. The van der Waals surface area contributed by atoms with Gasteiger partial charge in [0.05, 0.1) is 13.7 Å². The fraction of sp³-hybridized carbons (Fsp3) is 0.571. The van der Waals surface area contributed by atoms with Crippen LogP contribution >= 0.6 is 0 Å². The maximum Gasteiger partial charge on any atom is 0.386 e. The molecule has 7 nitrogen and oxygen atoms in total. The van der Waals surface area contributed by atoms with Crippen LogP contribution in [0.15, 0.2) is 23.8 Å². The average Bonchev–Trinajstić information content (AvgIpc) is 2.36. The fourth-order valence-electron chi connectivity index (χ4n) is 1.49. The average molecular weight is 329 g/mol. The molecule has 0 N–H and O–H groups in total. The molecule has 0 spiro atoms. The van der Waals surface area contributed by atoms with Crippen LogP contribution in [0.3, 0.4) is 0 Å². The van der Waals surface area contributed by atoms with Crippen molar-refractivity contribution in [1.82, 2.24) is 0 Å².